The summed E-state index contributed by atoms with van der Waals surface area (Å²) in [6.45, 7) is 4.42. The summed E-state index contributed by atoms with van der Waals surface area (Å²) in [7, 11) is 0. The second-order valence-corrected chi connectivity index (χ2v) is 5.04. The van der Waals surface area contributed by atoms with Crippen LogP contribution in [0.15, 0.2) is 0 Å². The Balaban J connectivity index is 2.11. The molecule has 0 amide bonds. The summed E-state index contributed by atoms with van der Waals surface area (Å²) in [5, 5.41) is 8.64. The van der Waals surface area contributed by atoms with Gasteiger partial charge in [0.25, 0.3) is 0 Å². The molecule has 1 saturated carbocycles. The fourth-order valence-corrected chi connectivity index (χ4v) is 2.90. The van der Waals surface area contributed by atoms with Crippen LogP contribution in [0.3, 0.4) is 0 Å². The van der Waals surface area contributed by atoms with Gasteiger partial charge in [-0.3, -0.25) is 0 Å². The third-order valence-electron chi connectivity index (χ3n) is 3.84. The number of fused-ring (bicyclic) bond motifs is 2. The molecule has 0 radical (unpaired) electrons. The van der Waals surface area contributed by atoms with Gasteiger partial charge in [-0.05, 0) is 25.7 Å². The lowest BCUT2D eigenvalue weighted by Crippen LogP contribution is -2.38. The minimum atomic E-state index is 0.443. The van der Waals surface area contributed by atoms with Gasteiger partial charge in [0.2, 0.25) is 0 Å². The summed E-state index contributed by atoms with van der Waals surface area (Å²) in [5.41, 5.74) is 0.443. The standard InChI is InChI=1S/C11H17N3/c1-8(2)10-13-12-9-4-7-11(14(9)10)5-3-6-11/h8H,3-7H2,1-2H3. The summed E-state index contributed by atoms with van der Waals surface area (Å²) in [4.78, 5) is 0. The number of aryl methyl sites for hydroxylation is 1. The first-order valence-electron chi connectivity index (χ1n) is 5.68. The molecule has 0 atom stereocenters. The molecule has 76 valence electrons. The lowest BCUT2D eigenvalue weighted by molar-refractivity contribution is 0.148. The van der Waals surface area contributed by atoms with Crippen LogP contribution in [0, 0.1) is 0 Å². The van der Waals surface area contributed by atoms with Gasteiger partial charge in [-0.25, -0.2) is 0 Å². The summed E-state index contributed by atoms with van der Waals surface area (Å²) >= 11 is 0. The predicted octanol–water partition coefficient (Wildman–Crippen LogP) is 2.23. The third kappa shape index (κ3) is 0.877. The molecule has 0 N–H and O–H groups in total. The van der Waals surface area contributed by atoms with Gasteiger partial charge in [-0.1, -0.05) is 13.8 Å². The van der Waals surface area contributed by atoms with Gasteiger partial charge in [0.1, 0.15) is 11.6 Å². The molecule has 3 heteroatoms. The molecule has 1 aliphatic carbocycles. The molecule has 3 nitrogen and oxygen atoms in total. The van der Waals surface area contributed by atoms with Crippen LogP contribution in [-0.2, 0) is 12.0 Å². The average Bonchev–Trinajstić information content (AvgIpc) is 2.56. The Morgan fingerprint density at radius 3 is 2.57 bits per heavy atom. The van der Waals surface area contributed by atoms with E-state index in [0.29, 0.717) is 11.5 Å². The van der Waals surface area contributed by atoms with Crippen LogP contribution in [-0.4, -0.2) is 14.8 Å². The Morgan fingerprint density at radius 2 is 2.00 bits per heavy atom. The van der Waals surface area contributed by atoms with Crippen LogP contribution >= 0.6 is 0 Å². The van der Waals surface area contributed by atoms with Crippen molar-refractivity contribution >= 4 is 0 Å². The highest BCUT2D eigenvalue weighted by molar-refractivity contribution is 5.15. The Kier molecular flexibility index (Phi) is 1.56. The predicted molar refractivity (Wildman–Crippen MR) is 54.3 cm³/mol. The molecule has 1 fully saturated rings. The monoisotopic (exact) mass is 191 g/mol. The van der Waals surface area contributed by atoms with E-state index in [1.54, 1.807) is 0 Å². The molecule has 1 aliphatic heterocycles. The van der Waals surface area contributed by atoms with Crippen LogP contribution in [0.25, 0.3) is 0 Å². The molecular weight excluding hydrogens is 174 g/mol. The zero-order chi connectivity index (χ0) is 9.76. The van der Waals surface area contributed by atoms with Gasteiger partial charge in [-0.15, -0.1) is 10.2 Å². The highest BCUT2D eigenvalue weighted by Crippen LogP contribution is 2.48. The molecule has 1 aromatic heterocycles. The van der Waals surface area contributed by atoms with Crippen molar-refractivity contribution in [3.05, 3.63) is 11.6 Å². The fraction of sp³-hybridized carbons (Fsp3) is 0.818. The lowest BCUT2D eigenvalue weighted by atomic mass is 9.75. The maximum atomic E-state index is 4.33. The minimum absolute atomic E-state index is 0.443. The van der Waals surface area contributed by atoms with E-state index in [2.05, 4.69) is 28.6 Å². The smallest absolute Gasteiger partial charge is 0.136 e. The number of rotatable bonds is 1. The van der Waals surface area contributed by atoms with E-state index >= 15 is 0 Å². The summed E-state index contributed by atoms with van der Waals surface area (Å²) in [5.74, 6) is 2.94. The third-order valence-corrected chi connectivity index (χ3v) is 3.84. The largest absolute Gasteiger partial charge is 0.309 e. The van der Waals surface area contributed by atoms with Crippen molar-refractivity contribution in [2.24, 2.45) is 0 Å². The molecule has 0 aromatic carbocycles. The molecular formula is C11H17N3. The van der Waals surface area contributed by atoms with E-state index in [1.165, 1.54) is 37.3 Å². The second kappa shape index (κ2) is 2.59. The molecule has 0 bridgehead atoms. The van der Waals surface area contributed by atoms with Crippen molar-refractivity contribution in [3.8, 4) is 0 Å². The Bertz CT molecular complexity index is 361. The average molecular weight is 191 g/mol. The quantitative estimate of drug-likeness (QED) is 0.681. The van der Waals surface area contributed by atoms with Crippen molar-refractivity contribution in [2.75, 3.05) is 0 Å². The highest BCUT2D eigenvalue weighted by Gasteiger charge is 2.45. The van der Waals surface area contributed by atoms with E-state index in [9.17, 15) is 0 Å². The van der Waals surface area contributed by atoms with E-state index in [-0.39, 0.29) is 0 Å². The van der Waals surface area contributed by atoms with Gasteiger partial charge in [-0.2, -0.15) is 0 Å². The molecule has 14 heavy (non-hydrogen) atoms. The normalized spacial score (nSPS) is 22.8. The topological polar surface area (TPSA) is 30.7 Å². The molecule has 0 unspecified atom stereocenters. The Morgan fingerprint density at radius 1 is 1.21 bits per heavy atom. The minimum Gasteiger partial charge on any atom is -0.309 e. The van der Waals surface area contributed by atoms with Crippen molar-refractivity contribution in [3.63, 3.8) is 0 Å². The molecule has 3 rings (SSSR count). The van der Waals surface area contributed by atoms with Gasteiger partial charge < -0.3 is 4.57 Å². The summed E-state index contributed by atoms with van der Waals surface area (Å²) in [6.07, 6.45) is 6.52. The van der Waals surface area contributed by atoms with Crippen LogP contribution in [0.2, 0.25) is 0 Å². The van der Waals surface area contributed by atoms with Crippen LogP contribution in [0.5, 0.6) is 0 Å². The number of nitrogens with zero attached hydrogens (tertiary/aromatic N) is 3. The maximum Gasteiger partial charge on any atom is 0.136 e. The van der Waals surface area contributed by atoms with Gasteiger partial charge in [0, 0.05) is 17.9 Å². The van der Waals surface area contributed by atoms with Gasteiger partial charge in [0.15, 0.2) is 0 Å². The number of hydrogen-bond acceptors (Lipinski definition) is 2. The summed E-state index contributed by atoms with van der Waals surface area (Å²) < 4.78 is 2.46. The van der Waals surface area contributed by atoms with E-state index in [0.717, 1.165) is 6.42 Å². The molecule has 2 aliphatic rings. The number of aromatic nitrogens is 3. The van der Waals surface area contributed by atoms with Crippen LogP contribution in [0.1, 0.15) is 57.1 Å². The lowest BCUT2D eigenvalue weighted by Gasteiger charge is -2.41. The van der Waals surface area contributed by atoms with Gasteiger partial charge >= 0.3 is 0 Å². The first-order chi connectivity index (χ1) is 6.73. The van der Waals surface area contributed by atoms with Crippen molar-refractivity contribution in [2.45, 2.75) is 57.4 Å². The molecule has 2 heterocycles. The van der Waals surface area contributed by atoms with Crippen molar-refractivity contribution in [1.29, 1.82) is 0 Å². The maximum absolute atomic E-state index is 4.33. The van der Waals surface area contributed by atoms with Crippen molar-refractivity contribution < 1.29 is 0 Å². The van der Waals surface area contributed by atoms with E-state index in [1.807, 2.05) is 0 Å². The number of hydrogen-bond donors (Lipinski definition) is 0. The summed E-state index contributed by atoms with van der Waals surface area (Å²) in [6, 6.07) is 0. The van der Waals surface area contributed by atoms with Crippen LogP contribution in [0.4, 0.5) is 0 Å². The Hall–Kier alpha value is -0.860. The molecule has 1 spiro atoms. The van der Waals surface area contributed by atoms with E-state index in [4.69, 9.17) is 0 Å². The first kappa shape index (κ1) is 8.45. The van der Waals surface area contributed by atoms with Crippen molar-refractivity contribution in [1.82, 2.24) is 14.8 Å². The van der Waals surface area contributed by atoms with E-state index < -0.39 is 0 Å². The first-order valence-corrected chi connectivity index (χ1v) is 5.68. The highest BCUT2D eigenvalue weighted by atomic mass is 15.3. The zero-order valence-electron chi connectivity index (χ0n) is 8.95. The Labute approximate surface area is 84.5 Å². The SMILES string of the molecule is CC(C)c1nnc2n1C1(CCC1)CC2. The molecule has 1 aromatic rings. The van der Waals surface area contributed by atoms with Gasteiger partial charge in [0.05, 0.1) is 0 Å². The molecule has 0 saturated heterocycles. The second-order valence-electron chi connectivity index (χ2n) is 5.04. The zero-order valence-corrected chi connectivity index (χ0v) is 8.95. The fourth-order valence-electron chi connectivity index (χ4n) is 2.90. The van der Waals surface area contributed by atoms with Crippen LogP contribution < -0.4 is 0 Å².